The Balaban J connectivity index is 0.00000256. The number of thiophene rings is 1. The Hall–Kier alpha value is -0.140. The minimum atomic E-state index is -3.42. The molecule has 0 saturated heterocycles. The maximum atomic E-state index is 12.0. The smallest absolute Gasteiger partial charge is 0.241 e. The van der Waals surface area contributed by atoms with Crippen LogP contribution >= 0.6 is 23.7 Å². The monoisotopic (exact) mass is 298 g/mol. The van der Waals surface area contributed by atoms with Crippen LogP contribution in [0.5, 0.6) is 0 Å². The van der Waals surface area contributed by atoms with Crippen molar-refractivity contribution in [1.29, 1.82) is 0 Å². The predicted molar refractivity (Wildman–Crippen MR) is 74.5 cm³/mol. The summed E-state index contributed by atoms with van der Waals surface area (Å²) >= 11 is 1.48. The summed E-state index contributed by atoms with van der Waals surface area (Å²) in [6.45, 7) is 7.48. The molecular formula is C10H19ClN2O2S2. The average molecular weight is 299 g/mol. The standard InChI is InChI=1S/C10H18N2O2S2.ClH/c1-7-5-9(8(2)15-7)16(13,14)12-6-10(3,4)11;/h5,12H,6,11H2,1-4H3;1H. The van der Waals surface area contributed by atoms with Crippen LogP contribution in [0, 0.1) is 13.8 Å². The molecule has 0 spiro atoms. The van der Waals surface area contributed by atoms with Crippen LogP contribution in [0.3, 0.4) is 0 Å². The van der Waals surface area contributed by atoms with E-state index in [0.29, 0.717) is 4.90 Å². The zero-order valence-corrected chi connectivity index (χ0v) is 12.9. The predicted octanol–water partition coefficient (Wildman–Crippen LogP) is 1.80. The minimum Gasteiger partial charge on any atom is -0.324 e. The van der Waals surface area contributed by atoms with E-state index in [-0.39, 0.29) is 19.0 Å². The molecule has 0 radical (unpaired) electrons. The molecule has 0 aliphatic heterocycles. The fourth-order valence-electron chi connectivity index (χ4n) is 1.23. The molecule has 1 heterocycles. The third kappa shape index (κ3) is 4.93. The maximum Gasteiger partial charge on any atom is 0.241 e. The zero-order chi connectivity index (χ0) is 12.6. The van der Waals surface area contributed by atoms with E-state index in [1.807, 2.05) is 6.92 Å². The van der Waals surface area contributed by atoms with E-state index in [2.05, 4.69) is 4.72 Å². The van der Waals surface area contributed by atoms with Crippen molar-refractivity contribution < 1.29 is 8.42 Å². The largest absolute Gasteiger partial charge is 0.324 e. The molecule has 17 heavy (non-hydrogen) atoms. The van der Waals surface area contributed by atoms with Crippen molar-refractivity contribution in [3.8, 4) is 0 Å². The Morgan fingerprint density at radius 3 is 2.29 bits per heavy atom. The van der Waals surface area contributed by atoms with Crippen LogP contribution in [-0.2, 0) is 10.0 Å². The molecule has 0 amide bonds. The van der Waals surface area contributed by atoms with Gasteiger partial charge in [0.1, 0.15) is 0 Å². The highest BCUT2D eigenvalue weighted by Crippen LogP contribution is 2.24. The SMILES string of the molecule is Cc1cc(S(=O)(=O)NCC(C)(C)N)c(C)s1.Cl. The van der Waals surface area contributed by atoms with Gasteiger partial charge in [0.25, 0.3) is 0 Å². The Morgan fingerprint density at radius 2 is 1.94 bits per heavy atom. The van der Waals surface area contributed by atoms with E-state index in [1.165, 1.54) is 11.3 Å². The number of aryl methyl sites for hydroxylation is 2. The molecular weight excluding hydrogens is 280 g/mol. The second kappa shape index (κ2) is 5.67. The Morgan fingerprint density at radius 1 is 1.41 bits per heavy atom. The first-order valence-electron chi connectivity index (χ1n) is 4.97. The van der Waals surface area contributed by atoms with E-state index >= 15 is 0 Å². The van der Waals surface area contributed by atoms with Crippen molar-refractivity contribution in [2.75, 3.05) is 6.54 Å². The summed E-state index contributed by atoms with van der Waals surface area (Å²) in [6.07, 6.45) is 0. The zero-order valence-electron chi connectivity index (χ0n) is 10.4. The molecule has 100 valence electrons. The topological polar surface area (TPSA) is 72.2 Å². The third-order valence-corrected chi connectivity index (χ3v) is 4.63. The molecule has 0 atom stereocenters. The van der Waals surface area contributed by atoms with E-state index < -0.39 is 15.6 Å². The number of rotatable bonds is 4. The number of halogens is 1. The van der Waals surface area contributed by atoms with Gasteiger partial charge in [-0.1, -0.05) is 0 Å². The van der Waals surface area contributed by atoms with Gasteiger partial charge in [0, 0.05) is 21.8 Å². The summed E-state index contributed by atoms with van der Waals surface area (Å²) in [5.74, 6) is 0. The molecule has 0 aliphatic carbocycles. The van der Waals surface area contributed by atoms with Crippen molar-refractivity contribution in [3.63, 3.8) is 0 Å². The van der Waals surface area contributed by atoms with Gasteiger partial charge in [0.05, 0.1) is 4.90 Å². The minimum absolute atomic E-state index is 0. The summed E-state index contributed by atoms with van der Waals surface area (Å²) < 4.78 is 26.4. The van der Waals surface area contributed by atoms with Gasteiger partial charge in [0.15, 0.2) is 0 Å². The van der Waals surface area contributed by atoms with Gasteiger partial charge in [-0.2, -0.15) is 0 Å². The molecule has 0 saturated carbocycles. The third-order valence-electron chi connectivity index (χ3n) is 2.00. The number of nitrogens with one attached hydrogen (secondary N) is 1. The molecule has 0 fully saturated rings. The number of hydrogen-bond donors (Lipinski definition) is 2. The lowest BCUT2D eigenvalue weighted by atomic mass is 10.1. The van der Waals surface area contributed by atoms with Crippen LogP contribution in [0.4, 0.5) is 0 Å². The molecule has 3 N–H and O–H groups in total. The van der Waals surface area contributed by atoms with Crippen molar-refractivity contribution in [2.45, 2.75) is 38.1 Å². The fourth-order valence-corrected chi connectivity index (χ4v) is 4.01. The molecule has 0 bridgehead atoms. The summed E-state index contributed by atoms with van der Waals surface area (Å²) in [6, 6.07) is 1.69. The highest BCUT2D eigenvalue weighted by Gasteiger charge is 2.21. The molecule has 7 heteroatoms. The van der Waals surface area contributed by atoms with Crippen LogP contribution in [0.15, 0.2) is 11.0 Å². The van der Waals surface area contributed by atoms with Crippen molar-refractivity contribution in [2.24, 2.45) is 5.73 Å². The van der Waals surface area contributed by atoms with Gasteiger partial charge in [-0.3, -0.25) is 0 Å². The van der Waals surface area contributed by atoms with Gasteiger partial charge >= 0.3 is 0 Å². The molecule has 0 aliphatic rings. The second-order valence-electron chi connectivity index (χ2n) is 4.59. The van der Waals surface area contributed by atoms with Crippen LogP contribution in [0.25, 0.3) is 0 Å². The first-order valence-corrected chi connectivity index (χ1v) is 7.27. The molecule has 0 unspecified atom stereocenters. The molecule has 4 nitrogen and oxygen atoms in total. The Labute approximate surface area is 113 Å². The normalized spacial score (nSPS) is 12.3. The number of hydrogen-bond acceptors (Lipinski definition) is 4. The lowest BCUT2D eigenvalue weighted by Crippen LogP contribution is -2.45. The van der Waals surface area contributed by atoms with E-state index in [1.54, 1.807) is 26.8 Å². The first-order chi connectivity index (χ1) is 7.12. The number of sulfonamides is 1. The summed E-state index contributed by atoms with van der Waals surface area (Å²) in [4.78, 5) is 2.16. The van der Waals surface area contributed by atoms with Crippen LogP contribution in [0.2, 0.25) is 0 Å². The molecule has 1 aromatic heterocycles. The summed E-state index contributed by atoms with van der Waals surface area (Å²) in [7, 11) is -3.42. The quantitative estimate of drug-likeness (QED) is 0.890. The highest BCUT2D eigenvalue weighted by molar-refractivity contribution is 7.89. The van der Waals surface area contributed by atoms with Crippen LogP contribution in [0.1, 0.15) is 23.6 Å². The van der Waals surface area contributed by atoms with Crippen molar-refractivity contribution >= 4 is 33.8 Å². The lowest BCUT2D eigenvalue weighted by Gasteiger charge is -2.18. The highest BCUT2D eigenvalue weighted by atomic mass is 35.5. The summed E-state index contributed by atoms with van der Waals surface area (Å²) in [5, 5.41) is 0. The fraction of sp³-hybridized carbons (Fsp3) is 0.600. The first kappa shape index (κ1) is 16.9. The number of nitrogens with two attached hydrogens (primary N) is 1. The van der Waals surface area contributed by atoms with E-state index in [0.717, 1.165) is 9.75 Å². The summed E-state index contributed by atoms with van der Waals surface area (Å²) in [5.41, 5.74) is 5.19. The van der Waals surface area contributed by atoms with Crippen LogP contribution < -0.4 is 10.5 Å². The van der Waals surface area contributed by atoms with Crippen LogP contribution in [-0.4, -0.2) is 20.5 Å². The van der Waals surface area contributed by atoms with E-state index in [9.17, 15) is 8.42 Å². The van der Waals surface area contributed by atoms with E-state index in [4.69, 9.17) is 5.73 Å². The van der Waals surface area contributed by atoms with Gasteiger partial charge in [-0.25, -0.2) is 13.1 Å². The average Bonchev–Trinajstić information content (AvgIpc) is 2.42. The second-order valence-corrected chi connectivity index (χ2v) is 7.79. The van der Waals surface area contributed by atoms with Gasteiger partial charge in [-0.05, 0) is 33.8 Å². The molecule has 1 rings (SSSR count). The Kier molecular flexibility index (Phi) is 5.62. The molecule has 0 aromatic carbocycles. The molecule has 1 aromatic rings. The van der Waals surface area contributed by atoms with Gasteiger partial charge < -0.3 is 5.73 Å². The Bertz CT molecular complexity index is 475. The van der Waals surface area contributed by atoms with Gasteiger partial charge in [-0.15, -0.1) is 23.7 Å². The van der Waals surface area contributed by atoms with Crippen molar-refractivity contribution in [1.82, 2.24) is 4.72 Å². The van der Waals surface area contributed by atoms with Crippen molar-refractivity contribution in [3.05, 3.63) is 15.8 Å². The lowest BCUT2D eigenvalue weighted by molar-refractivity contribution is 0.498. The van der Waals surface area contributed by atoms with Gasteiger partial charge in [0.2, 0.25) is 10.0 Å². The maximum absolute atomic E-state index is 12.0.